The quantitative estimate of drug-likeness (QED) is 0.282. The normalized spacial score (nSPS) is 11.3. The van der Waals surface area contributed by atoms with Gasteiger partial charge >= 0.3 is 13.6 Å². The summed E-state index contributed by atoms with van der Waals surface area (Å²) < 4.78 is 22.8. The molecule has 0 aliphatic heterocycles. The summed E-state index contributed by atoms with van der Waals surface area (Å²) in [7, 11) is -3.89. The van der Waals surface area contributed by atoms with Crippen molar-refractivity contribution in [3.05, 3.63) is 34.3 Å². The Morgan fingerprint density at radius 2 is 1.87 bits per heavy atom. The van der Waals surface area contributed by atoms with Crippen molar-refractivity contribution in [3.63, 3.8) is 0 Å². The molecule has 0 N–H and O–H groups in total. The van der Waals surface area contributed by atoms with E-state index in [1.807, 2.05) is 0 Å². The highest BCUT2D eigenvalue weighted by molar-refractivity contribution is 9.10. The topological polar surface area (TPSA) is 98.0 Å². The summed E-state index contributed by atoms with van der Waals surface area (Å²) in [4.78, 5) is 16.6. The van der Waals surface area contributed by atoms with Gasteiger partial charge in [0.05, 0.1) is 18.8 Å². The van der Waals surface area contributed by atoms with Crippen molar-refractivity contribution >= 4 is 47.4 Å². The van der Waals surface area contributed by atoms with E-state index in [-0.39, 0.29) is 31.2 Å². The van der Waals surface area contributed by atoms with Crippen LogP contribution in [0.4, 0.5) is 0 Å². The zero-order chi connectivity index (χ0) is 16.6. The first-order chi connectivity index (χ1) is 10.5. The lowest BCUT2D eigenvalue weighted by Crippen LogP contribution is -2.08. The van der Waals surface area contributed by atoms with Crippen LogP contribution in [0.25, 0.3) is 0 Å². The Labute approximate surface area is 148 Å². The molecule has 0 aliphatic rings. The highest BCUT2D eigenvalue weighted by Crippen LogP contribution is 2.49. The number of carbonyl (C=O) groups excluding carboxylic acids is 1. The minimum atomic E-state index is -3.89. The monoisotopic (exact) mass is 424 g/mol. The maximum atomic E-state index is 12.4. The summed E-state index contributed by atoms with van der Waals surface area (Å²) in [6.45, 7) is 3.29. The molecule has 0 spiro atoms. The molecule has 10 heteroatoms. The highest BCUT2D eigenvalue weighted by Gasteiger charge is 2.33. The molecule has 0 heterocycles. The van der Waals surface area contributed by atoms with Crippen LogP contribution in [0, 0.1) is 11.3 Å². The molecule has 0 amide bonds. The standard InChI is InChI=1S/C13H14BrN2O5P.ClH/c1-3-19-22(18,20-4-2)12(9-15)16-21-13(17)10-7-5-6-8-11(10)14;/h5-8H,3-4H2,1-2H3;1H. The molecule has 0 unspecified atom stereocenters. The van der Waals surface area contributed by atoms with E-state index in [0.717, 1.165) is 0 Å². The van der Waals surface area contributed by atoms with Gasteiger partial charge < -0.3 is 13.9 Å². The van der Waals surface area contributed by atoms with Crippen molar-refractivity contribution in [1.82, 2.24) is 0 Å². The van der Waals surface area contributed by atoms with Gasteiger partial charge in [-0.2, -0.15) is 5.26 Å². The number of nitriles is 1. The SMILES string of the molecule is CCOP(=O)(OCC)C(C#N)=NOC(=O)c1ccccc1Br.Cl. The van der Waals surface area contributed by atoms with Crippen LogP contribution in [0.2, 0.25) is 0 Å². The minimum Gasteiger partial charge on any atom is -0.311 e. The molecule has 7 nitrogen and oxygen atoms in total. The minimum absolute atomic E-state index is 0. The predicted octanol–water partition coefficient (Wildman–Crippen LogP) is 4.13. The fourth-order valence-corrected chi connectivity index (χ4v) is 3.10. The zero-order valence-electron chi connectivity index (χ0n) is 12.4. The van der Waals surface area contributed by atoms with Gasteiger partial charge in [0.2, 0.25) is 0 Å². The molecule has 0 saturated carbocycles. The average molecular weight is 426 g/mol. The fourth-order valence-electron chi connectivity index (χ4n) is 1.39. The van der Waals surface area contributed by atoms with E-state index in [1.165, 1.54) is 6.07 Å². The summed E-state index contributed by atoms with van der Waals surface area (Å²) in [5.74, 6) is -0.806. The first-order valence-electron chi connectivity index (χ1n) is 6.32. The third kappa shape index (κ3) is 6.05. The summed E-state index contributed by atoms with van der Waals surface area (Å²) in [5, 5.41) is 12.4. The molecule has 0 aliphatic carbocycles. The Morgan fingerprint density at radius 1 is 1.30 bits per heavy atom. The van der Waals surface area contributed by atoms with Crippen LogP contribution in [0.15, 0.2) is 33.9 Å². The number of halogens is 2. The van der Waals surface area contributed by atoms with Gasteiger partial charge in [0.25, 0.3) is 5.45 Å². The van der Waals surface area contributed by atoms with Crippen LogP contribution in [-0.4, -0.2) is 24.6 Å². The fraction of sp³-hybridized carbons (Fsp3) is 0.308. The van der Waals surface area contributed by atoms with Crippen LogP contribution in [-0.2, 0) is 18.5 Å². The Bertz CT molecular complexity index is 652. The molecule has 0 bridgehead atoms. The van der Waals surface area contributed by atoms with E-state index < -0.39 is 19.0 Å². The van der Waals surface area contributed by atoms with Crippen molar-refractivity contribution in [1.29, 1.82) is 5.26 Å². The molecular weight excluding hydrogens is 410 g/mol. The molecule has 0 atom stereocenters. The molecule has 0 saturated heterocycles. The van der Waals surface area contributed by atoms with Gasteiger partial charge in [-0.05, 0) is 41.9 Å². The summed E-state index contributed by atoms with van der Waals surface area (Å²) >= 11 is 3.19. The van der Waals surface area contributed by atoms with E-state index in [4.69, 9.17) is 14.3 Å². The Balaban J connectivity index is 0.00000484. The summed E-state index contributed by atoms with van der Waals surface area (Å²) in [6, 6.07) is 8.11. The van der Waals surface area contributed by atoms with Gasteiger partial charge in [0.1, 0.15) is 6.07 Å². The van der Waals surface area contributed by atoms with E-state index in [2.05, 4.69) is 25.9 Å². The number of hydrogen-bond donors (Lipinski definition) is 0. The highest BCUT2D eigenvalue weighted by atomic mass is 79.9. The smallest absolute Gasteiger partial charge is 0.311 e. The second-order valence-electron chi connectivity index (χ2n) is 3.72. The number of nitrogens with zero attached hydrogens (tertiary/aromatic N) is 2. The number of carbonyl (C=O) groups is 1. The third-order valence-electron chi connectivity index (χ3n) is 2.27. The first-order valence-corrected chi connectivity index (χ1v) is 8.65. The maximum absolute atomic E-state index is 12.4. The Morgan fingerprint density at radius 3 is 2.35 bits per heavy atom. The van der Waals surface area contributed by atoms with Crippen LogP contribution in [0.3, 0.4) is 0 Å². The lowest BCUT2D eigenvalue weighted by Gasteiger charge is -2.13. The van der Waals surface area contributed by atoms with Crippen LogP contribution >= 0.6 is 35.9 Å². The largest absolute Gasteiger partial charge is 0.393 e. The number of benzene rings is 1. The van der Waals surface area contributed by atoms with E-state index in [9.17, 15) is 9.36 Å². The molecule has 0 radical (unpaired) electrons. The van der Waals surface area contributed by atoms with Crippen molar-refractivity contribution in [3.8, 4) is 6.07 Å². The van der Waals surface area contributed by atoms with E-state index in [0.29, 0.717) is 4.47 Å². The van der Waals surface area contributed by atoms with Gasteiger partial charge in [0.15, 0.2) is 0 Å². The van der Waals surface area contributed by atoms with Gasteiger partial charge in [-0.25, -0.2) is 4.79 Å². The van der Waals surface area contributed by atoms with E-state index in [1.54, 1.807) is 38.1 Å². The second-order valence-corrected chi connectivity index (χ2v) is 6.51. The predicted molar refractivity (Wildman–Crippen MR) is 90.7 cm³/mol. The lowest BCUT2D eigenvalue weighted by atomic mass is 10.2. The van der Waals surface area contributed by atoms with Crippen LogP contribution in [0.5, 0.6) is 0 Å². The van der Waals surface area contributed by atoms with Crippen molar-refractivity contribution < 1.29 is 23.2 Å². The number of rotatable bonds is 7. The van der Waals surface area contributed by atoms with Gasteiger partial charge in [0, 0.05) is 4.47 Å². The molecule has 0 aromatic heterocycles. The molecule has 126 valence electrons. The third-order valence-corrected chi connectivity index (χ3v) is 4.85. The number of hydrogen-bond acceptors (Lipinski definition) is 7. The molecular formula is C13H15BrClN2O5P. The molecule has 0 fully saturated rings. The molecule has 1 aromatic rings. The van der Waals surface area contributed by atoms with Crippen molar-refractivity contribution in [2.45, 2.75) is 13.8 Å². The molecule has 1 rings (SSSR count). The Hall–Kier alpha value is -1.23. The van der Waals surface area contributed by atoms with Crippen molar-refractivity contribution in [2.75, 3.05) is 13.2 Å². The summed E-state index contributed by atoms with van der Waals surface area (Å²) in [6.07, 6.45) is 0. The van der Waals surface area contributed by atoms with Gasteiger partial charge in [-0.3, -0.25) is 4.57 Å². The summed E-state index contributed by atoms with van der Waals surface area (Å²) in [5.41, 5.74) is -0.400. The lowest BCUT2D eigenvalue weighted by molar-refractivity contribution is 0.0516. The number of oxime groups is 1. The van der Waals surface area contributed by atoms with Crippen LogP contribution < -0.4 is 0 Å². The zero-order valence-corrected chi connectivity index (χ0v) is 15.7. The van der Waals surface area contributed by atoms with Crippen LogP contribution in [0.1, 0.15) is 24.2 Å². The van der Waals surface area contributed by atoms with Crippen molar-refractivity contribution in [2.24, 2.45) is 5.16 Å². The van der Waals surface area contributed by atoms with E-state index >= 15 is 0 Å². The van der Waals surface area contributed by atoms with Gasteiger partial charge in [-0.1, -0.05) is 17.3 Å². The second kappa shape index (κ2) is 10.5. The molecule has 1 aromatic carbocycles. The molecule has 23 heavy (non-hydrogen) atoms. The first kappa shape index (κ1) is 21.8. The van der Waals surface area contributed by atoms with Gasteiger partial charge in [-0.15, -0.1) is 12.4 Å². The Kier molecular flexibility index (Phi) is 9.96. The maximum Gasteiger partial charge on any atom is 0.393 e. The average Bonchev–Trinajstić information content (AvgIpc) is 2.48.